The standard InChI is InChI=1S/C17H25N3O4/c1-10(2)15(19-12(4)22)17(24)18-11(3)16(23)20-14-7-5-13(9-21)6-8-14/h5-8,10-11,15,21H,9H2,1-4H3,(H,18,24)(H,19,22)(H,20,23)/t11-,15-/m0/s1. The molecule has 0 fully saturated rings. The van der Waals surface area contributed by atoms with Crippen LogP contribution in [0.4, 0.5) is 5.69 Å². The van der Waals surface area contributed by atoms with Crippen LogP contribution in [0.1, 0.15) is 33.3 Å². The third kappa shape index (κ3) is 6.00. The fourth-order valence-corrected chi connectivity index (χ4v) is 2.07. The van der Waals surface area contributed by atoms with Crippen LogP contribution in [0.25, 0.3) is 0 Å². The molecule has 1 rings (SSSR count). The molecule has 3 amide bonds. The summed E-state index contributed by atoms with van der Waals surface area (Å²) in [4.78, 5) is 35.6. The third-order valence-electron chi connectivity index (χ3n) is 3.46. The Hall–Kier alpha value is -2.41. The van der Waals surface area contributed by atoms with E-state index in [0.717, 1.165) is 5.56 Å². The fraction of sp³-hybridized carbons (Fsp3) is 0.471. The number of benzene rings is 1. The van der Waals surface area contributed by atoms with Crippen molar-refractivity contribution in [2.24, 2.45) is 5.92 Å². The van der Waals surface area contributed by atoms with E-state index in [0.29, 0.717) is 5.69 Å². The van der Waals surface area contributed by atoms with Gasteiger partial charge in [0.2, 0.25) is 17.7 Å². The first-order chi connectivity index (χ1) is 11.2. The Balaban J connectivity index is 2.64. The smallest absolute Gasteiger partial charge is 0.246 e. The van der Waals surface area contributed by atoms with Gasteiger partial charge in [0.1, 0.15) is 12.1 Å². The van der Waals surface area contributed by atoms with Gasteiger partial charge >= 0.3 is 0 Å². The first-order valence-corrected chi connectivity index (χ1v) is 7.82. The zero-order chi connectivity index (χ0) is 18.3. The second-order valence-electron chi connectivity index (χ2n) is 6.00. The molecular formula is C17H25N3O4. The Morgan fingerprint density at radius 1 is 1.00 bits per heavy atom. The molecule has 7 nitrogen and oxygen atoms in total. The van der Waals surface area contributed by atoms with Gasteiger partial charge in [0.15, 0.2) is 0 Å². The predicted octanol–water partition coefficient (Wildman–Crippen LogP) is 0.783. The number of hydrogen-bond acceptors (Lipinski definition) is 4. The molecule has 0 aliphatic rings. The lowest BCUT2D eigenvalue weighted by molar-refractivity contribution is -0.131. The number of rotatable bonds is 7. The van der Waals surface area contributed by atoms with Crippen molar-refractivity contribution in [3.05, 3.63) is 29.8 Å². The van der Waals surface area contributed by atoms with Crippen molar-refractivity contribution < 1.29 is 19.5 Å². The molecule has 2 atom stereocenters. The number of nitrogens with one attached hydrogen (secondary N) is 3. The third-order valence-corrected chi connectivity index (χ3v) is 3.46. The number of carbonyl (C=O) groups is 3. The quantitative estimate of drug-likeness (QED) is 0.590. The van der Waals surface area contributed by atoms with Crippen LogP contribution in [0.15, 0.2) is 24.3 Å². The topological polar surface area (TPSA) is 108 Å². The zero-order valence-corrected chi connectivity index (χ0v) is 14.4. The predicted molar refractivity (Wildman–Crippen MR) is 91.0 cm³/mol. The average molecular weight is 335 g/mol. The fourth-order valence-electron chi connectivity index (χ4n) is 2.07. The first kappa shape index (κ1) is 19.6. The summed E-state index contributed by atoms with van der Waals surface area (Å²) >= 11 is 0. The van der Waals surface area contributed by atoms with Crippen molar-refractivity contribution in [3.63, 3.8) is 0 Å². The Bertz CT molecular complexity index is 584. The van der Waals surface area contributed by atoms with Crippen LogP contribution >= 0.6 is 0 Å². The van der Waals surface area contributed by atoms with Gasteiger partial charge in [-0.3, -0.25) is 14.4 Å². The molecular weight excluding hydrogens is 310 g/mol. The van der Waals surface area contributed by atoms with E-state index >= 15 is 0 Å². The van der Waals surface area contributed by atoms with Gasteiger partial charge in [-0.2, -0.15) is 0 Å². The molecule has 1 aromatic carbocycles. The van der Waals surface area contributed by atoms with Crippen LogP contribution in [0, 0.1) is 5.92 Å². The lowest BCUT2D eigenvalue weighted by Gasteiger charge is -2.23. The number of aliphatic hydroxyl groups is 1. The summed E-state index contributed by atoms with van der Waals surface area (Å²) in [5.41, 5.74) is 1.31. The van der Waals surface area contributed by atoms with E-state index in [9.17, 15) is 14.4 Å². The lowest BCUT2D eigenvalue weighted by Crippen LogP contribution is -2.53. The number of aliphatic hydroxyl groups excluding tert-OH is 1. The van der Waals surface area contributed by atoms with E-state index in [1.807, 2.05) is 13.8 Å². The van der Waals surface area contributed by atoms with Gasteiger partial charge in [-0.05, 0) is 30.5 Å². The number of anilines is 1. The molecule has 0 bridgehead atoms. The molecule has 0 saturated carbocycles. The van der Waals surface area contributed by atoms with Crippen molar-refractivity contribution in [2.75, 3.05) is 5.32 Å². The lowest BCUT2D eigenvalue weighted by atomic mass is 10.0. The summed E-state index contributed by atoms with van der Waals surface area (Å²) < 4.78 is 0. The SMILES string of the molecule is CC(=O)N[C@H](C(=O)N[C@@H](C)C(=O)Nc1ccc(CO)cc1)C(C)C. The summed E-state index contributed by atoms with van der Waals surface area (Å²) in [5, 5.41) is 16.9. The molecule has 24 heavy (non-hydrogen) atoms. The Labute approximate surface area is 141 Å². The summed E-state index contributed by atoms with van der Waals surface area (Å²) in [6, 6.07) is 5.29. The zero-order valence-electron chi connectivity index (χ0n) is 14.4. The molecule has 0 aliphatic carbocycles. The van der Waals surface area contributed by atoms with Gasteiger partial charge in [-0.25, -0.2) is 0 Å². The molecule has 0 saturated heterocycles. The summed E-state index contributed by atoms with van der Waals surface area (Å²) in [5.74, 6) is -1.18. The molecule has 0 aromatic heterocycles. The number of carbonyl (C=O) groups excluding carboxylic acids is 3. The second kappa shape index (κ2) is 9.02. The molecule has 0 unspecified atom stereocenters. The summed E-state index contributed by atoms with van der Waals surface area (Å²) in [6.07, 6.45) is 0. The van der Waals surface area contributed by atoms with Crippen molar-refractivity contribution >= 4 is 23.4 Å². The minimum atomic E-state index is -0.759. The van der Waals surface area contributed by atoms with Gasteiger partial charge in [-0.15, -0.1) is 0 Å². The summed E-state index contributed by atoms with van der Waals surface area (Å²) in [7, 11) is 0. The van der Waals surface area contributed by atoms with Crippen LogP contribution in [0.5, 0.6) is 0 Å². The van der Waals surface area contributed by atoms with E-state index < -0.39 is 18.0 Å². The van der Waals surface area contributed by atoms with E-state index in [2.05, 4.69) is 16.0 Å². The van der Waals surface area contributed by atoms with Crippen molar-refractivity contribution in [1.82, 2.24) is 10.6 Å². The second-order valence-corrected chi connectivity index (χ2v) is 6.00. The van der Waals surface area contributed by atoms with Gasteiger partial charge in [0.25, 0.3) is 0 Å². The maximum atomic E-state index is 12.2. The van der Waals surface area contributed by atoms with Crippen molar-refractivity contribution in [1.29, 1.82) is 0 Å². The molecule has 4 N–H and O–H groups in total. The van der Waals surface area contributed by atoms with E-state index in [1.54, 1.807) is 31.2 Å². The van der Waals surface area contributed by atoms with Crippen molar-refractivity contribution in [2.45, 2.75) is 46.4 Å². The normalized spacial score (nSPS) is 13.1. The Kier molecular flexibility index (Phi) is 7.38. The largest absolute Gasteiger partial charge is 0.392 e. The van der Waals surface area contributed by atoms with Crippen LogP contribution in [0.2, 0.25) is 0 Å². The van der Waals surface area contributed by atoms with Crippen molar-refractivity contribution in [3.8, 4) is 0 Å². The highest BCUT2D eigenvalue weighted by atomic mass is 16.3. The minimum absolute atomic E-state index is 0.0690. The molecule has 132 valence electrons. The number of hydrogen-bond donors (Lipinski definition) is 4. The molecule has 0 spiro atoms. The van der Waals surface area contributed by atoms with E-state index in [4.69, 9.17) is 5.11 Å². The monoisotopic (exact) mass is 335 g/mol. The highest BCUT2D eigenvalue weighted by Gasteiger charge is 2.26. The minimum Gasteiger partial charge on any atom is -0.392 e. The summed E-state index contributed by atoms with van der Waals surface area (Å²) in [6.45, 7) is 6.47. The first-order valence-electron chi connectivity index (χ1n) is 7.82. The van der Waals surface area contributed by atoms with Crippen LogP contribution in [-0.2, 0) is 21.0 Å². The number of amides is 3. The molecule has 0 aliphatic heterocycles. The Morgan fingerprint density at radius 3 is 2.04 bits per heavy atom. The average Bonchev–Trinajstić information content (AvgIpc) is 2.52. The van der Waals surface area contributed by atoms with Crippen LogP contribution in [-0.4, -0.2) is 34.9 Å². The van der Waals surface area contributed by atoms with Gasteiger partial charge in [-0.1, -0.05) is 26.0 Å². The van der Waals surface area contributed by atoms with E-state index in [1.165, 1.54) is 6.92 Å². The van der Waals surface area contributed by atoms with Gasteiger partial charge in [0.05, 0.1) is 6.61 Å². The highest BCUT2D eigenvalue weighted by Crippen LogP contribution is 2.10. The molecule has 1 aromatic rings. The van der Waals surface area contributed by atoms with E-state index in [-0.39, 0.29) is 24.3 Å². The maximum Gasteiger partial charge on any atom is 0.246 e. The maximum absolute atomic E-state index is 12.2. The van der Waals surface area contributed by atoms with Crippen LogP contribution in [0.3, 0.4) is 0 Å². The highest BCUT2D eigenvalue weighted by molar-refractivity contribution is 5.98. The van der Waals surface area contributed by atoms with Gasteiger partial charge < -0.3 is 21.1 Å². The molecule has 0 radical (unpaired) electrons. The molecule has 0 heterocycles. The molecule has 7 heteroatoms. The van der Waals surface area contributed by atoms with Gasteiger partial charge in [0, 0.05) is 12.6 Å². The Morgan fingerprint density at radius 2 is 1.58 bits per heavy atom. The van der Waals surface area contributed by atoms with Crippen LogP contribution < -0.4 is 16.0 Å².